The number of nitrogens with one attached hydrogen (secondary N) is 1. The van der Waals surface area contributed by atoms with E-state index < -0.39 is 0 Å². The van der Waals surface area contributed by atoms with Gasteiger partial charge in [0.2, 0.25) is 0 Å². The Labute approximate surface area is 109 Å². The van der Waals surface area contributed by atoms with Gasteiger partial charge in [-0.15, -0.1) is 0 Å². The first-order chi connectivity index (χ1) is 9.22. The van der Waals surface area contributed by atoms with Gasteiger partial charge < -0.3 is 20.6 Å². The van der Waals surface area contributed by atoms with E-state index in [0.29, 0.717) is 23.9 Å². The van der Waals surface area contributed by atoms with Gasteiger partial charge in [-0.25, -0.2) is 4.98 Å². The molecule has 0 spiro atoms. The zero-order chi connectivity index (χ0) is 13.2. The van der Waals surface area contributed by atoms with Gasteiger partial charge in [0.25, 0.3) is 0 Å². The molecule has 4 N–H and O–H groups in total. The molecule has 0 bridgehead atoms. The first-order valence-electron chi connectivity index (χ1n) is 5.87. The molecule has 1 aromatic heterocycles. The number of aromatic amines is 1. The fourth-order valence-electron chi connectivity index (χ4n) is 1.88. The number of aromatic hydroxyl groups is 1. The zero-order valence-corrected chi connectivity index (χ0v) is 10.1. The van der Waals surface area contributed by atoms with Gasteiger partial charge in [0, 0.05) is 6.07 Å². The highest BCUT2D eigenvalue weighted by molar-refractivity contribution is 5.76. The zero-order valence-electron chi connectivity index (χ0n) is 10.1. The first kappa shape index (κ1) is 11.4. The standard InChI is InChI=1S/C14H13N3O2/c15-10-3-1-2-4-13(10)19-8-14-16-11-6-5-9(18)7-12(11)17-14/h1-7,18H,8,15H2,(H,16,17). The number of anilines is 1. The summed E-state index contributed by atoms with van der Waals surface area (Å²) in [7, 11) is 0. The molecule has 3 rings (SSSR count). The van der Waals surface area contributed by atoms with Crippen LogP contribution in [0.4, 0.5) is 5.69 Å². The van der Waals surface area contributed by atoms with Gasteiger partial charge in [-0.1, -0.05) is 12.1 Å². The minimum absolute atomic E-state index is 0.205. The van der Waals surface area contributed by atoms with Crippen LogP contribution < -0.4 is 10.5 Å². The molecule has 5 nitrogen and oxygen atoms in total. The van der Waals surface area contributed by atoms with Crippen molar-refractivity contribution in [2.75, 3.05) is 5.73 Å². The highest BCUT2D eigenvalue weighted by Crippen LogP contribution is 2.22. The van der Waals surface area contributed by atoms with E-state index in [1.165, 1.54) is 0 Å². The maximum atomic E-state index is 9.39. The van der Waals surface area contributed by atoms with Gasteiger partial charge in [-0.2, -0.15) is 0 Å². The maximum Gasteiger partial charge on any atom is 0.146 e. The number of benzene rings is 2. The summed E-state index contributed by atoms with van der Waals surface area (Å²) in [6.07, 6.45) is 0. The monoisotopic (exact) mass is 255 g/mol. The van der Waals surface area contributed by atoms with Crippen molar-refractivity contribution in [2.24, 2.45) is 0 Å². The fraction of sp³-hybridized carbons (Fsp3) is 0.0714. The highest BCUT2D eigenvalue weighted by Gasteiger charge is 2.05. The Kier molecular flexibility index (Phi) is 2.72. The van der Waals surface area contributed by atoms with Crippen LogP contribution >= 0.6 is 0 Å². The summed E-state index contributed by atoms with van der Waals surface area (Å²) in [4.78, 5) is 7.46. The second-order valence-corrected chi connectivity index (χ2v) is 4.21. The van der Waals surface area contributed by atoms with E-state index in [1.54, 1.807) is 24.3 Å². The minimum atomic E-state index is 0.205. The predicted octanol–water partition coefficient (Wildman–Crippen LogP) is 2.43. The second kappa shape index (κ2) is 4.53. The number of nitrogens with two attached hydrogens (primary N) is 1. The van der Waals surface area contributed by atoms with Crippen LogP contribution in [-0.2, 0) is 6.61 Å². The normalized spacial score (nSPS) is 10.7. The summed E-state index contributed by atoms with van der Waals surface area (Å²) < 4.78 is 5.60. The van der Waals surface area contributed by atoms with Gasteiger partial charge in [-0.05, 0) is 24.3 Å². The van der Waals surface area contributed by atoms with E-state index in [9.17, 15) is 5.11 Å². The van der Waals surface area contributed by atoms with Crippen LogP contribution in [0, 0.1) is 0 Å². The number of hydrogen-bond donors (Lipinski definition) is 3. The topological polar surface area (TPSA) is 84.2 Å². The Morgan fingerprint density at radius 3 is 2.89 bits per heavy atom. The number of imidazole rings is 1. The number of phenols is 1. The number of hydrogen-bond acceptors (Lipinski definition) is 4. The van der Waals surface area contributed by atoms with Crippen LogP contribution in [0.3, 0.4) is 0 Å². The number of rotatable bonds is 3. The lowest BCUT2D eigenvalue weighted by atomic mass is 10.3. The third-order valence-corrected chi connectivity index (χ3v) is 2.80. The summed E-state index contributed by atoms with van der Waals surface area (Å²) in [5, 5.41) is 9.39. The molecule has 0 aliphatic carbocycles. The molecule has 0 saturated heterocycles. The lowest BCUT2D eigenvalue weighted by Gasteiger charge is -2.06. The van der Waals surface area contributed by atoms with Crippen molar-refractivity contribution >= 4 is 16.7 Å². The number of nitrogen functional groups attached to an aromatic ring is 1. The number of phenolic OH excluding ortho intramolecular Hbond substituents is 1. The quantitative estimate of drug-likeness (QED) is 0.627. The van der Waals surface area contributed by atoms with Gasteiger partial charge in [0.05, 0.1) is 16.7 Å². The number of para-hydroxylation sites is 2. The summed E-state index contributed by atoms with van der Waals surface area (Å²) in [5.41, 5.74) is 7.95. The molecule has 0 atom stereocenters. The van der Waals surface area contributed by atoms with Crippen molar-refractivity contribution in [3.8, 4) is 11.5 Å². The van der Waals surface area contributed by atoms with Crippen molar-refractivity contribution in [3.63, 3.8) is 0 Å². The van der Waals surface area contributed by atoms with Gasteiger partial charge in [0.1, 0.15) is 23.9 Å². The Morgan fingerprint density at radius 2 is 2.05 bits per heavy atom. The Bertz CT molecular complexity index is 722. The number of fused-ring (bicyclic) bond motifs is 1. The largest absolute Gasteiger partial charge is 0.508 e. The van der Waals surface area contributed by atoms with Crippen LogP contribution in [0.2, 0.25) is 0 Å². The molecule has 0 aliphatic heterocycles. The van der Waals surface area contributed by atoms with E-state index in [-0.39, 0.29) is 5.75 Å². The molecule has 19 heavy (non-hydrogen) atoms. The molecule has 5 heteroatoms. The number of H-pyrrole nitrogens is 1. The average Bonchev–Trinajstić information content (AvgIpc) is 2.79. The minimum Gasteiger partial charge on any atom is -0.508 e. The Balaban J connectivity index is 1.80. The fourth-order valence-corrected chi connectivity index (χ4v) is 1.88. The first-order valence-corrected chi connectivity index (χ1v) is 5.87. The summed E-state index contributed by atoms with van der Waals surface area (Å²) in [5.74, 6) is 1.52. The van der Waals surface area contributed by atoms with Crippen LogP contribution in [-0.4, -0.2) is 15.1 Å². The van der Waals surface area contributed by atoms with Crippen molar-refractivity contribution in [3.05, 3.63) is 48.3 Å². The van der Waals surface area contributed by atoms with Crippen LogP contribution in [0.1, 0.15) is 5.82 Å². The summed E-state index contributed by atoms with van der Waals surface area (Å²) >= 11 is 0. The van der Waals surface area contributed by atoms with E-state index in [0.717, 1.165) is 11.0 Å². The molecular formula is C14H13N3O2. The van der Waals surface area contributed by atoms with E-state index >= 15 is 0 Å². The third kappa shape index (κ3) is 2.30. The molecule has 0 aliphatic rings. The molecule has 0 radical (unpaired) electrons. The van der Waals surface area contributed by atoms with Gasteiger partial charge in [-0.3, -0.25) is 0 Å². The smallest absolute Gasteiger partial charge is 0.146 e. The van der Waals surface area contributed by atoms with Crippen LogP contribution in [0.15, 0.2) is 42.5 Å². The lowest BCUT2D eigenvalue weighted by molar-refractivity contribution is 0.299. The lowest BCUT2D eigenvalue weighted by Crippen LogP contribution is -1.99. The number of ether oxygens (including phenoxy) is 1. The predicted molar refractivity (Wildman–Crippen MR) is 72.9 cm³/mol. The molecule has 3 aromatic rings. The number of aromatic nitrogens is 2. The Hall–Kier alpha value is -2.69. The van der Waals surface area contributed by atoms with E-state index in [2.05, 4.69) is 9.97 Å². The Morgan fingerprint density at radius 1 is 1.21 bits per heavy atom. The van der Waals surface area contributed by atoms with Crippen molar-refractivity contribution in [2.45, 2.75) is 6.61 Å². The van der Waals surface area contributed by atoms with Gasteiger partial charge >= 0.3 is 0 Å². The van der Waals surface area contributed by atoms with E-state index in [4.69, 9.17) is 10.5 Å². The molecular weight excluding hydrogens is 242 g/mol. The molecule has 0 saturated carbocycles. The second-order valence-electron chi connectivity index (χ2n) is 4.21. The van der Waals surface area contributed by atoms with Crippen LogP contribution in [0.25, 0.3) is 11.0 Å². The molecule has 96 valence electrons. The summed E-state index contributed by atoms with van der Waals surface area (Å²) in [6, 6.07) is 12.3. The molecule has 0 unspecified atom stereocenters. The molecule has 0 amide bonds. The van der Waals surface area contributed by atoms with Crippen molar-refractivity contribution in [1.82, 2.24) is 9.97 Å². The van der Waals surface area contributed by atoms with E-state index in [1.807, 2.05) is 18.2 Å². The van der Waals surface area contributed by atoms with Gasteiger partial charge in [0.15, 0.2) is 0 Å². The maximum absolute atomic E-state index is 9.39. The number of nitrogens with zero attached hydrogens (tertiary/aromatic N) is 1. The SMILES string of the molecule is Nc1ccccc1OCc1nc2ccc(O)cc2[nH]1. The molecule has 2 aromatic carbocycles. The van der Waals surface area contributed by atoms with Crippen molar-refractivity contribution < 1.29 is 9.84 Å². The van der Waals surface area contributed by atoms with Crippen molar-refractivity contribution in [1.29, 1.82) is 0 Å². The van der Waals surface area contributed by atoms with Crippen LogP contribution in [0.5, 0.6) is 11.5 Å². The third-order valence-electron chi connectivity index (χ3n) is 2.80. The highest BCUT2D eigenvalue weighted by atomic mass is 16.5. The average molecular weight is 255 g/mol. The summed E-state index contributed by atoms with van der Waals surface area (Å²) in [6.45, 7) is 0.295. The molecule has 1 heterocycles. The molecule has 0 fully saturated rings.